The lowest BCUT2D eigenvalue weighted by atomic mass is 9.96. The van der Waals surface area contributed by atoms with Gasteiger partial charge in [-0.25, -0.2) is 4.98 Å². The molecule has 1 atom stereocenters. The van der Waals surface area contributed by atoms with Crippen molar-refractivity contribution in [3.63, 3.8) is 0 Å². The Morgan fingerprint density at radius 1 is 1.07 bits per heavy atom. The van der Waals surface area contributed by atoms with E-state index in [1.807, 2.05) is 41.8 Å². The molecule has 0 fully saturated rings. The number of carbonyl (C=O) groups is 1. The number of nitrogens with one attached hydrogen (secondary N) is 1. The van der Waals surface area contributed by atoms with Crippen molar-refractivity contribution in [2.45, 2.75) is 33.4 Å². The molecule has 27 heavy (non-hydrogen) atoms. The second-order valence-electron chi connectivity index (χ2n) is 6.82. The van der Waals surface area contributed by atoms with E-state index in [-0.39, 0.29) is 11.9 Å². The van der Waals surface area contributed by atoms with Gasteiger partial charge < -0.3 is 5.32 Å². The fourth-order valence-corrected chi connectivity index (χ4v) is 3.98. The van der Waals surface area contributed by atoms with Gasteiger partial charge in [-0.1, -0.05) is 62.4 Å². The van der Waals surface area contributed by atoms with Crippen LogP contribution in [0.3, 0.4) is 0 Å². The molecule has 1 heterocycles. The summed E-state index contributed by atoms with van der Waals surface area (Å²) in [6, 6.07) is 20.4. The van der Waals surface area contributed by atoms with E-state index in [0.717, 1.165) is 11.4 Å². The van der Waals surface area contributed by atoms with Gasteiger partial charge in [-0.15, -0.1) is 11.3 Å². The first-order valence-electron chi connectivity index (χ1n) is 9.14. The van der Waals surface area contributed by atoms with Crippen LogP contribution in [0.15, 0.2) is 66.0 Å². The van der Waals surface area contributed by atoms with Crippen LogP contribution in [0.1, 0.15) is 38.1 Å². The Morgan fingerprint density at radius 2 is 1.70 bits per heavy atom. The fourth-order valence-electron chi connectivity index (χ4n) is 3.10. The van der Waals surface area contributed by atoms with Gasteiger partial charge in [0.1, 0.15) is 0 Å². The second-order valence-corrected chi connectivity index (χ2v) is 7.66. The van der Waals surface area contributed by atoms with Crippen LogP contribution in [0.2, 0.25) is 0 Å². The average molecular weight is 380 g/mol. The van der Waals surface area contributed by atoms with Gasteiger partial charge in [-0.2, -0.15) is 0 Å². The molecule has 4 nitrogen and oxygen atoms in total. The molecule has 140 valence electrons. The van der Waals surface area contributed by atoms with E-state index >= 15 is 0 Å². The summed E-state index contributed by atoms with van der Waals surface area (Å²) in [5, 5.41) is 6.33. The maximum Gasteiger partial charge on any atom is 0.230 e. The summed E-state index contributed by atoms with van der Waals surface area (Å²) < 4.78 is 0. The van der Waals surface area contributed by atoms with Crippen molar-refractivity contribution in [3.05, 3.63) is 77.3 Å². The summed E-state index contributed by atoms with van der Waals surface area (Å²) in [7, 11) is 0. The first-order chi connectivity index (χ1) is 13.1. The monoisotopic (exact) mass is 379 g/mol. The summed E-state index contributed by atoms with van der Waals surface area (Å²) in [4.78, 5) is 18.5. The van der Waals surface area contributed by atoms with Gasteiger partial charge in [0.25, 0.3) is 0 Å². The molecule has 0 bridgehead atoms. The number of amides is 1. The van der Waals surface area contributed by atoms with E-state index in [4.69, 9.17) is 4.98 Å². The molecule has 3 aromatic rings. The van der Waals surface area contributed by atoms with Crippen LogP contribution < -0.4 is 10.2 Å². The second kappa shape index (κ2) is 8.93. The molecule has 0 aliphatic carbocycles. The summed E-state index contributed by atoms with van der Waals surface area (Å²) in [5.74, 6) is 0.419. The van der Waals surface area contributed by atoms with E-state index in [9.17, 15) is 4.79 Å². The predicted molar refractivity (Wildman–Crippen MR) is 112 cm³/mol. The zero-order valence-electron chi connectivity index (χ0n) is 15.9. The summed E-state index contributed by atoms with van der Waals surface area (Å²) in [5.41, 5.74) is 3.06. The zero-order valence-corrected chi connectivity index (χ0v) is 16.7. The van der Waals surface area contributed by atoms with Gasteiger partial charge in [0.05, 0.1) is 11.4 Å². The van der Waals surface area contributed by atoms with E-state index in [1.54, 1.807) is 11.8 Å². The van der Waals surface area contributed by atoms with Gasteiger partial charge in [0.2, 0.25) is 5.91 Å². The van der Waals surface area contributed by atoms with Crippen molar-refractivity contribution in [3.8, 4) is 0 Å². The lowest BCUT2D eigenvalue weighted by Crippen LogP contribution is -2.26. The highest BCUT2D eigenvalue weighted by Crippen LogP contribution is 2.29. The third kappa shape index (κ3) is 4.81. The quantitative estimate of drug-likeness (QED) is 0.605. The summed E-state index contributed by atoms with van der Waals surface area (Å²) in [6.45, 7) is 6.65. The van der Waals surface area contributed by atoms with Gasteiger partial charge >= 0.3 is 0 Å². The maximum absolute atomic E-state index is 12.2. The van der Waals surface area contributed by atoms with Crippen LogP contribution in [0.4, 0.5) is 10.8 Å². The molecule has 0 aliphatic rings. The van der Waals surface area contributed by atoms with Crippen LogP contribution in [0.5, 0.6) is 0 Å². The third-order valence-electron chi connectivity index (χ3n) is 4.39. The Balaban J connectivity index is 1.74. The third-order valence-corrected chi connectivity index (χ3v) is 5.26. The molecule has 0 spiro atoms. The molecule has 1 N–H and O–H groups in total. The van der Waals surface area contributed by atoms with Crippen molar-refractivity contribution in [2.75, 3.05) is 4.90 Å². The first kappa shape index (κ1) is 19.3. The Kier molecular flexibility index (Phi) is 6.37. The standard InChI is InChI=1S/C22H25N3OS/c1-16(2)21(18-10-6-4-7-11-18)23-14-19-15-27-22(24-19)25(17(3)26)20-12-8-5-9-13-20/h4-13,15-16,21,23H,14H2,1-3H3/t21-/m1/s1. The number of nitrogens with zero attached hydrogens (tertiary/aromatic N) is 2. The molecular formula is C22H25N3OS. The number of para-hydroxylation sites is 1. The van der Waals surface area contributed by atoms with Crippen molar-refractivity contribution in [1.82, 2.24) is 10.3 Å². The largest absolute Gasteiger partial charge is 0.304 e. The number of hydrogen-bond acceptors (Lipinski definition) is 4. The highest BCUT2D eigenvalue weighted by Gasteiger charge is 2.19. The number of carbonyl (C=O) groups excluding carboxylic acids is 1. The highest BCUT2D eigenvalue weighted by molar-refractivity contribution is 7.14. The molecule has 3 rings (SSSR count). The number of benzene rings is 2. The Morgan fingerprint density at radius 3 is 2.30 bits per heavy atom. The van der Waals surface area contributed by atoms with Gasteiger partial charge in [0, 0.05) is 24.9 Å². The number of hydrogen-bond donors (Lipinski definition) is 1. The number of thiazole rings is 1. The van der Waals surface area contributed by atoms with Crippen LogP contribution in [0, 0.1) is 5.92 Å². The number of aromatic nitrogens is 1. The minimum atomic E-state index is -0.0422. The molecular weight excluding hydrogens is 354 g/mol. The lowest BCUT2D eigenvalue weighted by molar-refractivity contribution is -0.115. The maximum atomic E-state index is 12.2. The molecule has 0 saturated heterocycles. The molecule has 2 aromatic carbocycles. The van der Waals surface area contributed by atoms with Crippen LogP contribution in [-0.4, -0.2) is 10.9 Å². The van der Waals surface area contributed by atoms with Crippen molar-refractivity contribution in [1.29, 1.82) is 0 Å². The Bertz CT molecular complexity index is 862. The first-order valence-corrected chi connectivity index (χ1v) is 10.0. The highest BCUT2D eigenvalue weighted by atomic mass is 32.1. The molecule has 1 aromatic heterocycles. The lowest BCUT2D eigenvalue weighted by Gasteiger charge is -2.22. The van der Waals surface area contributed by atoms with Crippen LogP contribution in [0.25, 0.3) is 0 Å². The molecule has 0 unspecified atom stereocenters. The van der Waals surface area contributed by atoms with E-state index in [0.29, 0.717) is 17.6 Å². The normalized spacial score (nSPS) is 12.1. The van der Waals surface area contributed by atoms with Crippen molar-refractivity contribution >= 4 is 28.1 Å². The number of anilines is 2. The molecule has 0 radical (unpaired) electrons. The van der Waals surface area contributed by atoms with Gasteiger partial charge in [-0.3, -0.25) is 9.69 Å². The van der Waals surface area contributed by atoms with E-state index in [2.05, 4.69) is 43.4 Å². The minimum absolute atomic E-state index is 0.0422. The van der Waals surface area contributed by atoms with Crippen LogP contribution >= 0.6 is 11.3 Å². The minimum Gasteiger partial charge on any atom is -0.304 e. The predicted octanol–water partition coefficient (Wildman–Crippen LogP) is 5.31. The van der Waals surface area contributed by atoms with Crippen molar-refractivity contribution < 1.29 is 4.79 Å². The van der Waals surface area contributed by atoms with E-state index in [1.165, 1.54) is 16.9 Å². The number of rotatable bonds is 7. The smallest absolute Gasteiger partial charge is 0.230 e. The SMILES string of the molecule is CC(=O)N(c1ccccc1)c1nc(CN[C@@H](c2ccccc2)C(C)C)cs1. The molecule has 0 saturated carbocycles. The van der Waals surface area contributed by atoms with Gasteiger partial charge in [0.15, 0.2) is 5.13 Å². The van der Waals surface area contributed by atoms with Gasteiger partial charge in [-0.05, 0) is 23.6 Å². The molecule has 0 aliphatic heterocycles. The average Bonchev–Trinajstić information content (AvgIpc) is 3.11. The summed E-state index contributed by atoms with van der Waals surface area (Å²) in [6.07, 6.45) is 0. The zero-order chi connectivity index (χ0) is 19.2. The van der Waals surface area contributed by atoms with E-state index < -0.39 is 0 Å². The van der Waals surface area contributed by atoms with Crippen LogP contribution in [-0.2, 0) is 11.3 Å². The van der Waals surface area contributed by atoms with Crippen molar-refractivity contribution in [2.24, 2.45) is 5.92 Å². The molecule has 1 amide bonds. The molecule has 5 heteroatoms. The Hall–Kier alpha value is -2.50. The Labute approximate surface area is 164 Å². The topological polar surface area (TPSA) is 45.2 Å². The summed E-state index contributed by atoms with van der Waals surface area (Å²) >= 11 is 1.49. The fraction of sp³-hybridized carbons (Fsp3) is 0.273.